The van der Waals surface area contributed by atoms with Gasteiger partial charge >= 0.3 is 16.4 Å². The first-order chi connectivity index (χ1) is 28.1. The Morgan fingerprint density at radius 2 is 1.14 bits per heavy atom. The number of aliphatic hydroxyl groups excluding tert-OH is 3. The molecule has 0 radical (unpaired) electrons. The third kappa shape index (κ3) is 29.5. The van der Waals surface area contributed by atoms with Crippen LogP contribution in [0.4, 0.5) is 0 Å². The van der Waals surface area contributed by atoms with Crippen molar-refractivity contribution < 1.29 is 56.2 Å². The number of ether oxygens (including phenoxy) is 4. The Balaban J connectivity index is 2.51. The molecule has 1 rings (SSSR count). The van der Waals surface area contributed by atoms with Crippen LogP contribution in [0.25, 0.3) is 0 Å². The monoisotopic (exact) mass is 838 g/mol. The van der Waals surface area contributed by atoms with Crippen molar-refractivity contribution in [2.24, 2.45) is 0 Å². The Morgan fingerprint density at radius 3 is 1.66 bits per heavy atom. The van der Waals surface area contributed by atoms with Crippen molar-refractivity contribution in [1.29, 1.82) is 0 Å². The first-order valence-electron chi connectivity index (χ1n) is 21.3. The van der Waals surface area contributed by atoms with Crippen molar-refractivity contribution in [3.05, 3.63) is 85.1 Å². The van der Waals surface area contributed by atoms with Gasteiger partial charge in [0, 0.05) is 13.0 Å². The van der Waals surface area contributed by atoms with Gasteiger partial charge in [-0.15, -0.1) is 0 Å². The second-order valence-electron chi connectivity index (χ2n) is 14.2. The van der Waals surface area contributed by atoms with Gasteiger partial charge in [0.25, 0.3) is 0 Å². The third-order valence-electron chi connectivity index (χ3n) is 9.01. The highest BCUT2D eigenvalue weighted by Crippen LogP contribution is 2.26. The zero-order valence-corrected chi connectivity index (χ0v) is 35.9. The average molecular weight is 839 g/mol. The van der Waals surface area contributed by atoms with Gasteiger partial charge in [0.2, 0.25) is 0 Å². The number of carbonyl (C=O) groups excluding carboxylic acids is 1. The first-order valence-corrected chi connectivity index (χ1v) is 22.7. The van der Waals surface area contributed by atoms with E-state index >= 15 is 0 Å². The Bertz CT molecular complexity index is 1340. The van der Waals surface area contributed by atoms with Gasteiger partial charge in [0.1, 0.15) is 30.5 Å². The van der Waals surface area contributed by atoms with Gasteiger partial charge in [-0.2, -0.15) is 8.42 Å². The summed E-state index contributed by atoms with van der Waals surface area (Å²) in [5.41, 5.74) is 0. The van der Waals surface area contributed by atoms with Crippen molar-refractivity contribution in [2.45, 2.75) is 166 Å². The number of hydrogen-bond donors (Lipinski definition) is 4. The van der Waals surface area contributed by atoms with E-state index in [2.05, 4.69) is 103 Å². The van der Waals surface area contributed by atoms with Gasteiger partial charge in [0.05, 0.1) is 19.8 Å². The number of unbranched alkanes of at least 4 members (excludes halogenated alkanes) is 8. The summed E-state index contributed by atoms with van der Waals surface area (Å²) in [6.45, 7) is 3.57. The number of allylic oxidation sites excluding steroid dienone is 14. The second kappa shape index (κ2) is 36.2. The fraction of sp³-hybridized carbons (Fsp3) is 0.667. The van der Waals surface area contributed by atoms with Crippen LogP contribution >= 0.6 is 0 Å². The minimum atomic E-state index is -5.07. The summed E-state index contributed by atoms with van der Waals surface area (Å²) in [5, 5.41) is 30.6. The Kier molecular flexibility index (Phi) is 33.2. The summed E-state index contributed by atoms with van der Waals surface area (Å²) in [6, 6.07) is 0. The lowest BCUT2D eigenvalue weighted by molar-refractivity contribution is -0.301. The van der Waals surface area contributed by atoms with Gasteiger partial charge in [0.15, 0.2) is 6.29 Å². The zero-order chi connectivity index (χ0) is 42.5. The van der Waals surface area contributed by atoms with E-state index < -0.39 is 59.8 Å². The summed E-state index contributed by atoms with van der Waals surface area (Å²) in [6.07, 6.45) is 37.7. The normalized spacial score (nSPS) is 21.4. The molecule has 1 fully saturated rings. The highest BCUT2D eigenvalue weighted by molar-refractivity contribution is 7.80. The van der Waals surface area contributed by atoms with Crippen LogP contribution in [0, 0.1) is 0 Å². The Morgan fingerprint density at radius 1 is 0.655 bits per heavy atom. The quantitative estimate of drug-likeness (QED) is 0.0207. The first kappa shape index (κ1) is 53.3. The van der Waals surface area contributed by atoms with Gasteiger partial charge in [-0.1, -0.05) is 131 Å². The van der Waals surface area contributed by atoms with Crippen molar-refractivity contribution >= 4 is 16.4 Å². The van der Waals surface area contributed by atoms with Crippen LogP contribution in [-0.2, 0) is 38.3 Å². The number of carbonyl (C=O) groups is 1. The van der Waals surface area contributed by atoms with E-state index in [1.165, 1.54) is 12.8 Å². The molecule has 332 valence electrons. The molecule has 13 heteroatoms. The zero-order valence-electron chi connectivity index (χ0n) is 35.1. The Labute approximate surface area is 349 Å². The van der Waals surface area contributed by atoms with Crippen LogP contribution in [0.3, 0.4) is 0 Å². The lowest BCUT2D eigenvalue weighted by atomic mass is 9.99. The highest BCUT2D eigenvalue weighted by atomic mass is 32.3. The van der Waals surface area contributed by atoms with Crippen LogP contribution in [0.15, 0.2) is 85.1 Å². The predicted octanol–water partition coefficient (Wildman–Crippen LogP) is 8.51. The molecule has 4 N–H and O–H groups in total. The molecule has 0 saturated carbocycles. The highest BCUT2D eigenvalue weighted by Gasteiger charge is 2.48. The molecule has 0 bridgehead atoms. The fourth-order valence-corrected chi connectivity index (χ4v) is 6.37. The largest absolute Gasteiger partial charge is 0.457 e. The van der Waals surface area contributed by atoms with E-state index in [4.69, 9.17) is 23.5 Å². The molecule has 0 aromatic rings. The third-order valence-corrected chi connectivity index (χ3v) is 9.48. The summed E-state index contributed by atoms with van der Waals surface area (Å²) >= 11 is 0. The molecular weight excluding hydrogens is 765 g/mol. The molecular formula is C45H74O12S. The molecule has 6 unspecified atom stereocenters. The van der Waals surface area contributed by atoms with Crippen LogP contribution in [-0.4, -0.2) is 97.5 Å². The molecule has 0 spiro atoms. The van der Waals surface area contributed by atoms with Gasteiger partial charge in [-0.05, 0) is 77.0 Å². The lowest BCUT2D eigenvalue weighted by Crippen LogP contribution is -2.60. The van der Waals surface area contributed by atoms with Gasteiger partial charge < -0.3 is 34.3 Å². The molecule has 0 aliphatic carbocycles. The number of rotatable bonds is 35. The van der Waals surface area contributed by atoms with E-state index in [0.717, 1.165) is 89.9 Å². The molecule has 1 heterocycles. The summed E-state index contributed by atoms with van der Waals surface area (Å²) in [7, 11) is -5.07. The van der Waals surface area contributed by atoms with E-state index in [1.54, 1.807) is 0 Å². The van der Waals surface area contributed by atoms with Crippen LogP contribution < -0.4 is 0 Å². The minimum absolute atomic E-state index is 0.0116. The second-order valence-corrected chi connectivity index (χ2v) is 15.2. The molecule has 6 atom stereocenters. The average Bonchev–Trinajstić information content (AvgIpc) is 3.19. The molecule has 1 saturated heterocycles. The summed E-state index contributed by atoms with van der Waals surface area (Å²) in [5.74, 6) is -0.433. The summed E-state index contributed by atoms with van der Waals surface area (Å²) in [4.78, 5) is 12.8. The maximum Gasteiger partial charge on any atom is 0.397 e. The standard InChI is InChI=1S/C45H74O12S/c1-3-5-7-9-11-13-15-17-19-20-21-22-24-26-28-30-32-34-41(47)55-39(37-53-35-33-31-29-27-25-23-18-16-14-12-10-8-6-4-2)38-54-45-43(49)44(57-58(50,51)52)42(48)40(36-46)56-45/h5-8,11-14,17-19,23,27,29,39-40,42-46,48-49H,3-4,9-10,15-16,20-22,24-26,28,30-38H2,1-2H3,(H,50,51,52)/b7-5-,8-6-,13-11-,14-12-,19-17-,23-18-,29-27-. The molecule has 0 aromatic heterocycles. The van der Waals surface area contributed by atoms with Crippen molar-refractivity contribution in [1.82, 2.24) is 0 Å². The maximum atomic E-state index is 12.8. The number of hydrogen-bond acceptors (Lipinski definition) is 11. The topological polar surface area (TPSA) is 178 Å². The molecule has 1 aliphatic heterocycles. The van der Waals surface area contributed by atoms with Crippen LogP contribution in [0.5, 0.6) is 0 Å². The Hall–Kier alpha value is -2.72. The van der Waals surface area contributed by atoms with E-state index in [-0.39, 0.29) is 19.6 Å². The van der Waals surface area contributed by atoms with Gasteiger partial charge in [-0.3, -0.25) is 9.35 Å². The van der Waals surface area contributed by atoms with E-state index in [0.29, 0.717) is 13.0 Å². The van der Waals surface area contributed by atoms with E-state index in [9.17, 15) is 28.5 Å². The van der Waals surface area contributed by atoms with Crippen molar-refractivity contribution in [2.75, 3.05) is 26.4 Å². The smallest absolute Gasteiger partial charge is 0.397 e. The maximum absolute atomic E-state index is 12.8. The minimum Gasteiger partial charge on any atom is -0.457 e. The SMILES string of the molecule is CC/C=C\C/C=C\C/C=C\C/C=C\CCCOCC(COC1OC(CO)C(O)C(OS(=O)(=O)O)C1O)OC(=O)CCCCCCCCC/C=C\C/C=C\C/C=C\CC. The van der Waals surface area contributed by atoms with Crippen LogP contribution in [0.2, 0.25) is 0 Å². The van der Waals surface area contributed by atoms with E-state index in [1.807, 2.05) is 0 Å². The van der Waals surface area contributed by atoms with Gasteiger partial charge in [-0.25, -0.2) is 4.18 Å². The van der Waals surface area contributed by atoms with Crippen LogP contribution in [0.1, 0.15) is 129 Å². The molecule has 12 nitrogen and oxygen atoms in total. The predicted molar refractivity (Wildman–Crippen MR) is 229 cm³/mol. The molecule has 0 amide bonds. The lowest BCUT2D eigenvalue weighted by Gasteiger charge is -2.41. The number of aliphatic hydroxyl groups is 3. The fourth-order valence-electron chi connectivity index (χ4n) is 5.87. The molecule has 1 aliphatic rings. The van der Waals surface area contributed by atoms with Crippen molar-refractivity contribution in [3.8, 4) is 0 Å². The van der Waals surface area contributed by atoms with Crippen molar-refractivity contribution in [3.63, 3.8) is 0 Å². The molecule has 0 aromatic carbocycles. The molecule has 58 heavy (non-hydrogen) atoms. The number of esters is 1. The summed E-state index contributed by atoms with van der Waals surface area (Å²) < 4.78 is 58.9.